The van der Waals surface area contributed by atoms with Gasteiger partial charge in [0.15, 0.2) is 0 Å². The molecule has 0 aliphatic heterocycles. The van der Waals surface area contributed by atoms with E-state index in [0.29, 0.717) is 10.5 Å². The Labute approximate surface area is 193 Å². The summed E-state index contributed by atoms with van der Waals surface area (Å²) in [6, 6.07) is 33.9. The fourth-order valence-electron chi connectivity index (χ4n) is 4.49. The maximum atomic E-state index is 6.00. The summed E-state index contributed by atoms with van der Waals surface area (Å²) in [6.45, 7) is 0. The molecule has 5 nitrogen and oxygen atoms in total. The van der Waals surface area contributed by atoms with Crippen molar-refractivity contribution in [3.63, 3.8) is 0 Å². The van der Waals surface area contributed by atoms with Crippen molar-refractivity contribution in [3.05, 3.63) is 119 Å². The molecule has 0 amide bonds. The zero-order valence-corrected chi connectivity index (χ0v) is 21.2. The highest BCUT2D eigenvalue weighted by Crippen LogP contribution is 2.55. The highest BCUT2D eigenvalue weighted by atomic mass is 28.3. The van der Waals surface area contributed by atoms with Gasteiger partial charge in [-0.15, -0.1) is 0 Å². The van der Waals surface area contributed by atoms with Crippen molar-refractivity contribution >= 4 is 31.2 Å². The number of nitrogen functional groups attached to an aromatic ring is 2. The monoisotopic (exact) mass is 456 g/mol. The van der Waals surface area contributed by atoms with E-state index in [4.69, 9.17) is 22.3 Å². The molecule has 1 aliphatic carbocycles. The first-order valence-corrected chi connectivity index (χ1v) is 13.1. The Morgan fingerprint density at radius 1 is 0.594 bits per heavy atom. The van der Waals surface area contributed by atoms with Crippen LogP contribution in [0, 0.1) is 0 Å². The highest BCUT2D eigenvalue weighted by molar-refractivity contribution is 6.48. The summed E-state index contributed by atoms with van der Waals surface area (Å²) in [5, 5.41) is 10.0. The molecule has 0 atom stereocenters. The maximum absolute atomic E-state index is 6.00. The Kier molecular flexibility index (Phi) is 6.27. The summed E-state index contributed by atoms with van der Waals surface area (Å²) >= 11 is 0. The van der Waals surface area contributed by atoms with Crippen molar-refractivity contribution in [1.29, 1.82) is 0 Å². The molecule has 0 saturated heterocycles. The van der Waals surface area contributed by atoms with E-state index >= 15 is 0 Å². The maximum Gasteiger partial charge on any atom is 0.318 e. The molecule has 8 N–H and O–H groups in total. The molecule has 1 aliphatic rings. The van der Waals surface area contributed by atoms with E-state index in [0.717, 1.165) is 11.4 Å². The number of hydrogen-bond donors (Lipinski definition) is 4. The predicted molar refractivity (Wildman–Crippen MR) is 139 cm³/mol. The lowest BCUT2D eigenvalue weighted by Gasteiger charge is -2.34. The van der Waals surface area contributed by atoms with E-state index < -0.39 is 9.36 Å². The van der Waals surface area contributed by atoms with Gasteiger partial charge in [0.1, 0.15) is 10.5 Å². The van der Waals surface area contributed by atoms with Gasteiger partial charge >= 0.3 is 9.36 Å². The van der Waals surface area contributed by atoms with Gasteiger partial charge in [0.05, 0.1) is 5.41 Å². The van der Waals surface area contributed by atoms with Gasteiger partial charge in [-0.3, -0.25) is 0 Å². The molecule has 0 spiro atoms. The fourth-order valence-corrected chi connectivity index (χ4v) is 4.49. The van der Waals surface area contributed by atoms with Crippen molar-refractivity contribution in [2.75, 3.05) is 11.5 Å². The molecule has 4 aromatic rings. The van der Waals surface area contributed by atoms with Crippen molar-refractivity contribution in [1.82, 2.24) is 0 Å². The first kappa shape index (κ1) is 22.0. The average molecular weight is 457 g/mol. The standard InChI is InChI=1S/C25H20N2.H8N2OSi2/c26-19-13-9-17(10-14-19)25(18-11-15-20(27)16-12-18)23-7-3-1-5-21(23)22-6-2-4-8-24(22)25;1-5(2)3-4/h1-16H,26-27H2;5H,1-2H2,4H3. The molecular formula is C25H28N4OSi2. The SMILES string of the molecule is N[SiH](N)O[SiH3].Nc1ccc(C2(c3ccc(N)cc3)c3ccccc3-c3ccccc32)cc1. The molecule has 162 valence electrons. The number of nitrogens with two attached hydrogens (primary N) is 4. The molecule has 32 heavy (non-hydrogen) atoms. The second kappa shape index (κ2) is 9.11. The molecule has 0 unspecified atom stereocenters. The number of benzene rings is 4. The third-order valence-corrected chi connectivity index (χ3v) is 8.09. The first-order valence-electron chi connectivity index (χ1n) is 10.4. The lowest BCUT2D eigenvalue weighted by Crippen LogP contribution is -2.39. The van der Waals surface area contributed by atoms with E-state index in [9.17, 15) is 0 Å². The minimum absolute atomic E-state index is 0.380. The van der Waals surface area contributed by atoms with Crippen LogP contribution in [-0.2, 0) is 9.53 Å². The van der Waals surface area contributed by atoms with Crippen molar-refractivity contribution in [3.8, 4) is 11.1 Å². The molecule has 0 heterocycles. The van der Waals surface area contributed by atoms with Crippen molar-refractivity contribution in [2.24, 2.45) is 10.8 Å². The number of rotatable bonds is 3. The zero-order valence-electron chi connectivity index (χ0n) is 18.0. The first-order chi connectivity index (χ1) is 15.5. The lowest BCUT2D eigenvalue weighted by molar-refractivity contribution is 0.633. The molecule has 5 rings (SSSR count). The summed E-state index contributed by atoms with van der Waals surface area (Å²) in [7, 11) is -0.903. The van der Waals surface area contributed by atoms with Gasteiger partial charge in [0.25, 0.3) is 0 Å². The molecule has 0 saturated carbocycles. The van der Waals surface area contributed by atoms with Crippen LogP contribution in [-0.4, -0.2) is 19.8 Å². The van der Waals surface area contributed by atoms with Crippen LogP contribution in [0.4, 0.5) is 11.4 Å². The van der Waals surface area contributed by atoms with E-state index in [1.807, 2.05) is 24.3 Å². The Balaban J connectivity index is 0.000000444. The molecule has 4 aromatic carbocycles. The fraction of sp³-hybridized carbons (Fsp3) is 0.0400. The van der Waals surface area contributed by atoms with Crippen LogP contribution in [0.5, 0.6) is 0 Å². The van der Waals surface area contributed by atoms with Crippen LogP contribution in [0.15, 0.2) is 97.1 Å². The Hall–Kier alpha value is -3.21. The average Bonchev–Trinajstić information content (AvgIpc) is 3.12. The number of fused-ring (bicyclic) bond motifs is 3. The smallest absolute Gasteiger partial charge is 0.318 e. The summed E-state index contributed by atoms with van der Waals surface area (Å²) in [5.74, 6) is 0. The Morgan fingerprint density at radius 3 is 1.28 bits per heavy atom. The Bertz CT molecular complexity index is 1120. The molecule has 0 fully saturated rings. The topological polar surface area (TPSA) is 113 Å². The number of hydrogen-bond acceptors (Lipinski definition) is 5. The summed E-state index contributed by atoms with van der Waals surface area (Å²) in [5.41, 5.74) is 20.7. The lowest BCUT2D eigenvalue weighted by atomic mass is 9.67. The van der Waals surface area contributed by atoms with Gasteiger partial charge in [-0.05, 0) is 57.6 Å². The zero-order chi connectivity index (χ0) is 22.7. The quantitative estimate of drug-likeness (QED) is 0.245. The van der Waals surface area contributed by atoms with Gasteiger partial charge in [-0.1, -0.05) is 72.8 Å². The normalized spacial score (nSPS) is 13.2. The third kappa shape index (κ3) is 3.77. The minimum Gasteiger partial charge on any atom is -0.444 e. The van der Waals surface area contributed by atoms with Crippen LogP contribution < -0.4 is 22.3 Å². The van der Waals surface area contributed by atoms with Gasteiger partial charge < -0.3 is 26.4 Å². The van der Waals surface area contributed by atoms with E-state index in [2.05, 4.69) is 76.9 Å². The van der Waals surface area contributed by atoms with Gasteiger partial charge in [0.2, 0.25) is 0 Å². The molecule has 0 radical (unpaired) electrons. The number of anilines is 2. The van der Waals surface area contributed by atoms with Crippen molar-refractivity contribution < 1.29 is 4.12 Å². The highest BCUT2D eigenvalue weighted by Gasteiger charge is 2.45. The van der Waals surface area contributed by atoms with Crippen LogP contribution >= 0.6 is 0 Å². The van der Waals surface area contributed by atoms with Gasteiger partial charge in [-0.2, -0.15) is 0 Å². The van der Waals surface area contributed by atoms with Crippen molar-refractivity contribution in [2.45, 2.75) is 5.41 Å². The van der Waals surface area contributed by atoms with Crippen LogP contribution in [0.25, 0.3) is 11.1 Å². The largest absolute Gasteiger partial charge is 0.444 e. The summed E-state index contributed by atoms with van der Waals surface area (Å²) < 4.78 is 4.58. The summed E-state index contributed by atoms with van der Waals surface area (Å²) in [4.78, 5) is 0. The Morgan fingerprint density at radius 2 is 0.938 bits per heavy atom. The van der Waals surface area contributed by atoms with Gasteiger partial charge in [-0.25, -0.2) is 0 Å². The minimum atomic E-state index is -1.59. The molecule has 0 aromatic heterocycles. The molecule has 7 heteroatoms. The van der Waals surface area contributed by atoms with Gasteiger partial charge in [0, 0.05) is 11.4 Å². The van der Waals surface area contributed by atoms with E-state index in [1.54, 1.807) is 0 Å². The van der Waals surface area contributed by atoms with Crippen LogP contribution in [0.1, 0.15) is 22.3 Å². The van der Waals surface area contributed by atoms with Crippen LogP contribution in [0.2, 0.25) is 0 Å². The molecule has 0 bridgehead atoms. The van der Waals surface area contributed by atoms with E-state index in [1.165, 1.54) is 33.4 Å². The predicted octanol–water partition coefficient (Wildman–Crippen LogP) is 2.13. The van der Waals surface area contributed by atoms with Crippen LogP contribution in [0.3, 0.4) is 0 Å². The second-order valence-corrected chi connectivity index (χ2v) is 10.6. The third-order valence-electron chi connectivity index (χ3n) is 5.91. The van der Waals surface area contributed by atoms with E-state index in [-0.39, 0.29) is 5.41 Å². The summed E-state index contributed by atoms with van der Waals surface area (Å²) in [6.07, 6.45) is 0. The second-order valence-electron chi connectivity index (χ2n) is 7.79. The molecular weight excluding hydrogens is 428 g/mol.